The number of phosphoric acid groups is 1. The second kappa shape index (κ2) is 6.95. The molecule has 0 aliphatic heterocycles. The Morgan fingerprint density at radius 3 is 1.47 bits per heavy atom. The Bertz CT molecular complexity index is 487. The maximum Gasteiger partial charge on any atom is 0.587 e. The number of benzene rings is 2. The van der Waals surface area contributed by atoms with Gasteiger partial charge in [-0.3, -0.25) is 4.52 Å². The van der Waals surface area contributed by atoms with Gasteiger partial charge in [0.25, 0.3) is 0 Å². The summed E-state index contributed by atoms with van der Waals surface area (Å²) < 4.78 is 27.6. The third kappa shape index (κ3) is 4.41. The molecule has 0 unspecified atom stereocenters. The lowest BCUT2D eigenvalue weighted by Gasteiger charge is -2.16. The minimum atomic E-state index is -3.64. The van der Waals surface area contributed by atoms with E-state index in [0.29, 0.717) is 11.5 Å². The minimum absolute atomic E-state index is 0. The van der Waals surface area contributed by atoms with E-state index in [-0.39, 0.29) is 6.15 Å². The molecule has 102 valence electrons. The van der Waals surface area contributed by atoms with E-state index < -0.39 is 7.82 Å². The van der Waals surface area contributed by atoms with Crippen molar-refractivity contribution in [3.8, 4) is 11.5 Å². The Morgan fingerprint density at radius 2 is 1.16 bits per heavy atom. The largest absolute Gasteiger partial charge is 0.587 e. The third-order valence-corrected chi connectivity index (χ3v) is 3.46. The second-order valence-corrected chi connectivity index (χ2v) is 5.06. The van der Waals surface area contributed by atoms with Crippen LogP contribution in [0.3, 0.4) is 0 Å². The Balaban J connectivity index is 0.00000180. The van der Waals surface area contributed by atoms with Crippen molar-refractivity contribution in [2.45, 2.75) is 0 Å². The van der Waals surface area contributed by atoms with E-state index in [1.165, 1.54) is 7.11 Å². The average Bonchev–Trinajstić information content (AvgIpc) is 2.41. The predicted octanol–water partition coefficient (Wildman–Crippen LogP) is 4.06. The maximum absolute atomic E-state index is 12.3. The number of phosphoric ester groups is 1. The molecule has 0 saturated heterocycles. The molecule has 0 fully saturated rings. The topological polar surface area (TPSA) is 79.8 Å². The number of rotatable bonds is 5. The SMILES string of the molecule is COP(=O)(Oc1ccccc1)Oc1ccccc1.N. The zero-order chi connectivity index (χ0) is 12.8. The van der Waals surface area contributed by atoms with Crippen LogP contribution in [-0.2, 0) is 9.09 Å². The number of para-hydroxylation sites is 2. The molecular formula is C13H16NO4P. The van der Waals surface area contributed by atoms with Gasteiger partial charge in [0.15, 0.2) is 0 Å². The molecule has 2 aromatic carbocycles. The summed E-state index contributed by atoms with van der Waals surface area (Å²) in [4.78, 5) is 0. The molecule has 0 amide bonds. The Labute approximate surface area is 112 Å². The van der Waals surface area contributed by atoms with Crippen molar-refractivity contribution >= 4 is 7.82 Å². The summed E-state index contributed by atoms with van der Waals surface area (Å²) >= 11 is 0. The lowest BCUT2D eigenvalue weighted by molar-refractivity contribution is 0.250. The van der Waals surface area contributed by atoms with E-state index in [1.807, 2.05) is 12.1 Å². The molecule has 19 heavy (non-hydrogen) atoms. The lowest BCUT2D eigenvalue weighted by Crippen LogP contribution is -2.02. The van der Waals surface area contributed by atoms with E-state index in [1.54, 1.807) is 48.5 Å². The second-order valence-electron chi connectivity index (χ2n) is 3.44. The fraction of sp³-hybridized carbons (Fsp3) is 0.0769. The molecule has 5 nitrogen and oxygen atoms in total. The molecule has 0 radical (unpaired) electrons. The van der Waals surface area contributed by atoms with Crippen LogP contribution in [-0.4, -0.2) is 7.11 Å². The monoisotopic (exact) mass is 281 g/mol. The van der Waals surface area contributed by atoms with Gasteiger partial charge in [-0.2, -0.15) is 0 Å². The highest BCUT2D eigenvalue weighted by Gasteiger charge is 2.28. The summed E-state index contributed by atoms with van der Waals surface area (Å²) in [5, 5.41) is 0. The fourth-order valence-electron chi connectivity index (χ4n) is 1.31. The predicted molar refractivity (Wildman–Crippen MR) is 73.8 cm³/mol. The molecule has 3 N–H and O–H groups in total. The average molecular weight is 281 g/mol. The van der Waals surface area contributed by atoms with Gasteiger partial charge in [-0.05, 0) is 24.3 Å². The zero-order valence-corrected chi connectivity index (χ0v) is 11.5. The summed E-state index contributed by atoms with van der Waals surface area (Å²) in [6, 6.07) is 17.5. The standard InChI is InChI=1S/C13H13O4P.H3N/c1-15-18(14,16-12-8-4-2-5-9-12)17-13-10-6-3-7-11-13;/h2-11H,1H3;1H3. The molecule has 0 bridgehead atoms. The molecule has 2 rings (SSSR count). The molecule has 0 spiro atoms. The van der Waals surface area contributed by atoms with Gasteiger partial charge in [-0.25, -0.2) is 4.57 Å². The van der Waals surface area contributed by atoms with Gasteiger partial charge in [0, 0.05) is 7.11 Å². The first-order valence-corrected chi connectivity index (χ1v) is 6.83. The summed E-state index contributed by atoms with van der Waals surface area (Å²) in [7, 11) is -2.36. The van der Waals surface area contributed by atoms with E-state index >= 15 is 0 Å². The molecule has 0 aliphatic rings. The lowest BCUT2D eigenvalue weighted by atomic mass is 10.3. The van der Waals surface area contributed by atoms with E-state index in [2.05, 4.69) is 0 Å². The van der Waals surface area contributed by atoms with Crippen LogP contribution in [0.5, 0.6) is 11.5 Å². The van der Waals surface area contributed by atoms with Crippen LogP contribution >= 0.6 is 7.82 Å². The first-order valence-electron chi connectivity index (χ1n) is 5.37. The van der Waals surface area contributed by atoms with Crippen LogP contribution < -0.4 is 15.2 Å². The maximum atomic E-state index is 12.3. The van der Waals surface area contributed by atoms with Gasteiger partial charge in [-0.15, -0.1) is 0 Å². The van der Waals surface area contributed by atoms with Crippen LogP contribution in [0.15, 0.2) is 60.7 Å². The molecule has 2 aromatic rings. The summed E-state index contributed by atoms with van der Waals surface area (Å²) in [5.41, 5.74) is 0. The zero-order valence-electron chi connectivity index (χ0n) is 10.6. The highest BCUT2D eigenvalue weighted by Crippen LogP contribution is 2.48. The van der Waals surface area contributed by atoms with E-state index in [0.717, 1.165) is 0 Å². The molecule has 0 heterocycles. The van der Waals surface area contributed by atoms with Crippen molar-refractivity contribution in [1.29, 1.82) is 0 Å². The van der Waals surface area contributed by atoms with Gasteiger partial charge in [0.2, 0.25) is 0 Å². The highest BCUT2D eigenvalue weighted by molar-refractivity contribution is 7.49. The number of hydrogen-bond acceptors (Lipinski definition) is 5. The van der Waals surface area contributed by atoms with Gasteiger partial charge in [0.05, 0.1) is 0 Å². The van der Waals surface area contributed by atoms with Crippen LogP contribution in [0.1, 0.15) is 0 Å². The van der Waals surface area contributed by atoms with Crippen molar-refractivity contribution in [3.63, 3.8) is 0 Å². The van der Waals surface area contributed by atoms with Gasteiger partial charge in [0.1, 0.15) is 11.5 Å². The van der Waals surface area contributed by atoms with Gasteiger partial charge < -0.3 is 15.2 Å². The summed E-state index contributed by atoms with van der Waals surface area (Å²) in [5.74, 6) is 0.859. The highest BCUT2D eigenvalue weighted by atomic mass is 31.2. The molecule has 0 aliphatic carbocycles. The van der Waals surface area contributed by atoms with Gasteiger partial charge >= 0.3 is 7.82 Å². The first kappa shape index (κ1) is 15.2. The molecule has 0 atom stereocenters. The molecule has 6 heteroatoms. The van der Waals surface area contributed by atoms with E-state index in [4.69, 9.17) is 13.6 Å². The van der Waals surface area contributed by atoms with E-state index in [9.17, 15) is 4.57 Å². The van der Waals surface area contributed by atoms with Gasteiger partial charge in [-0.1, -0.05) is 36.4 Å². The summed E-state index contributed by atoms with van der Waals surface area (Å²) in [6.45, 7) is 0. The Hall–Kier alpha value is -1.81. The van der Waals surface area contributed by atoms with Crippen molar-refractivity contribution in [2.24, 2.45) is 0 Å². The Kier molecular flexibility index (Phi) is 5.57. The van der Waals surface area contributed by atoms with Crippen molar-refractivity contribution in [2.75, 3.05) is 7.11 Å². The van der Waals surface area contributed by atoms with Crippen molar-refractivity contribution < 1.29 is 18.1 Å². The Morgan fingerprint density at radius 1 is 0.789 bits per heavy atom. The van der Waals surface area contributed by atoms with Crippen molar-refractivity contribution in [3.05, 3.63) is 60.7 Å². The minimum Gasteiger partial charge on any atom is -0.395 e. The fourth-order valence-corrected chi connectivity index (χ4v) is 2.26. The smallest absolute Gasteiger partial charge is 0.395 e. The quantitative estimate of drug-likeness (QED) is 0.836. The summed E-state index contributed by atoms with van der Waals surface area (Å²) in [6.07, 6.45) is 0. The van der Waals surface area contributed by atoms with Crippen molar-refractivity contribution in [1.82, 2.24) is 6.15 Å². The van der Waals surface area contributed by atoms with Crippen LogP contribution in [0, 0.1) is 0 Å². The van der Waals surface area contributed by atoms with Crippen LogP contribution in [0.25, 0.3) is 0 Å². The van der Waals surface area contributed by atoms with Crippen LogP contribution in [0.4, 0.5) is 0 Å². The van der Waals surface area contributed by atoms with Crippen LogP contribution in [0.2, 0.25) is 0 Å². The molecule has 0 saturated carbocycles. The molecular weight excluding hydrogens is 265 g/mol. The molecule has 0 aromatic heterocycles. The third-order valence-electron chi connectivity index (χ3n) is 2.14. The normalized spacial score (nSPS) is 10.4. The first-order chi connectivity index (χ1) is 8.72. The number of hydrogen-bond donors (Lipinski definition) is 1.